The average Bonchev–Trinajstić information content (AvgIpc) is 2.74. The van der Waals surface area contributed by atoms with Crippen LogP contribution in [0.25, 0.3) is 0 Å². The second-order valence-electron chi connectivity index (χ2n) is 6.24. The lowest BCUT2D eigenvalue weighted by atomic mass is 10.2. The number of benzene rings is 1. The minimum atomic E-state index is 0.665. The van der Waals surface area contributed by atoms with Gasteiger partial charge in [-0.3, -0.25) is 0 Å². The Morgan fingerprint density at radius 2 is 1.46 bits per heavy atom. The number of hydrogen-bond donors (Lipinski definition) is 1. The van der Waals surface area contributed by atoms with Gasteiger partial charge < -0.3 is 15.1 Å². The molecular weight excluding hydrogens is 324 g/mol. The summed E-state index contributed by atoms with van der Waals surface area (Å²) in [4.78, 5) is 18.1. The molecule has 0 radical (unpaired) electrons. The van der Waals surface area contributed by atoms with Crippen LogP contribution >= 0.6 is 0 Å². The van der Waals surface area contributed by atoms with E-state index < -0.39 is 0 Å². The van der Waals surface area contributed by atoms with Crippen molar-refractivity contribution < 1.29 is 0 Å². The van der Waals surface area contributed by atoms with Crippen molar-refractivity contribution in [3.63, 3.8) is 0 Å². The number of nitrogens with one attached hydrogen (secondary N) is 1. The van der Waals surface area contributed by atoms with Gasteiger partial charge in [0.1, 0.15) is 11.6 Å². The fraction of sp³-hybridized carbons (Fsp3) is 0.250. The zero-order valence-electron chi connectivity index (χ0n) is 14.6. The van der Waals surface area contributed by atoms with Crippen LogP contribution < -0.4 is 15.1 Å². The van der Waals surface area contributed by atoms with Crippen LogP contribution in [-0.2, 0) is 6.54 Å². The molecule has 0 spiro atoms. The highest BCUT2D eigenvalue weighted by Crippen LogP contribution is 2.18. The molecule has 0 atom stereocenters. The fourth-order valence-corrected chi connectivity index (χ4v) is 3.09. The van der Waals surface area contributed by atoms with Crippen LogP contribution in [-0.4, -0.2) is 41.1 Å². The molecule has 0 aliphatic carbocycles. The summed E-state index contributed by atoms with van der Waals surface area (Å²) < 4.78 is 0. The Bertz CT molecular complexity index is 816. The predicted octanol–water partition coefficient (Wildman–Crippen LogP) is 2.81. The first-order valence-corrected chi connectivity index (χ1v) is 8.90. The van der Waals surface area contributed by atoms with Gasteiger partial charge in [0.05, 0.1) is 0 Å². The topological polar surface area (TPSA) is 57.2 Å². The number of anilines is 3. The van der Waals surface area contributed by atoms with Gasteiger partial charge in [0, 0.05) is 45.1 Å². The molecule has 6 heteroatoms. The molecule has 6 nitrogen and oxygen atoms in total. The molecule has 1 fully saturated rings. The van der Waals surface area contributed by atoms with Gasteiger partial charge in [0.2, 0.25) is 5.95 Å². The van der Waals surface area contributed by atoms with Crippen LogP contribution in [0.2, 0.25) is 0 Å². The molecule has 0 amide bonds. The monoisotopic (exact) mass is 346 g/mol. The Kier molecular flexibility index (Phi) is 4.91. The van der Waals surface area contributed by atoms with Crippen LogP contribution in [0.1, 0.15) is 5.56 Å². The third kappa shape index (κ3) is 3.91. The van der Waals surface area contributed by atoms with Crippen LogP contribution in [0, 0.1) is 0 Å². The largest absolute Gasteiger partial charge is 0.353 e. The molecule has 1 N–H and O–H groups in total. The van der Waals surface area contributed by atoms with Gasteiger partial charge >= 0.3 is 0 Å². The van der Waals surface area contributed by atoms with E-state index in [9.17, 15) is 0 Å². The normalized spacial score (nSPS) is 14.3. The Morgan fingerprint density at radius 3 is 2.19 bits per heavy atom. The maximum absolute atomic E-state index is 4.68. The summed E-state index contributed by atoms with van der Waals surface area (Å²) in [5, 5.41) is 3.31. The van der Waals surface area contributed by atoms with Crippen molar-refractivity contribution in [3.8, 4) is 0 Å². The number of aromatic nitrogens is 3. The molecule has 3 aromatic rings. The zero-order chi connectivity index (χ0) is 17.6. The molecule has 0 unspecified atom stereocenters. The number of rotatable bonds is 5. The number of nitrogens with zero attached hydrogens (tertiary/aromatic N) is 5. The van der Waals surface area contributed by atoms with Gasteiger partial charge in [0.15, 0.2) is 0 Å². The maximum atomic E-state index is 4.68. The van der Waals surface area contributed by atoms with E-state index >= 15 is 0 Å². The van der Waals surface area contributed by atoms with E-state index in [4.69, 9.17) is 0 Å². The van der Waals surface area contributed by atoms with Gasteiger partial charge in [-0.15, -0.1) is 0 Å². The summed E-state index contributed by atoms with van der Waals surface area (Å²) in [5.41, 5.74) is 1.21. The predicted molar refractivity (Wildman–Crippen MR) is 104 cm³/mol. The molecular formula is C20H22N6. The van der Waals surface area contributed by atoms with Gasteiger partial charge in [0.25, 0.3) is 0 Å². The van der Waals surface area contributed by atoms with Gasteiger partial charge in [-0.2, -0.15) is 4.98 Å². The Balaban J connectivity index is 1.36. The minimum Gasteiger partial charge on any atom is -0.353 e. The molecule has 1 aromatic carbocycles. The lowest BCUT2D eigenvalue weighted by molar-refractivity contribution is 0.641. The number of hydrogen-bond acceptors (Lipinski definition) is 6. The quantitative estimate of drug-likeness (QED) is 0.767. The van der Waals surface area contributed by atoms with Gasteiger partial charge in [-0.25, -0.2) is 9.97 Å². The molecule has 0 bridgehead atoms. The first-order chi connectivity index (χ1) is 12.9. The highest BCUT2D eigenvalue weighted by atomic mass is 15.3. The lowest BCUT2D eigenvalue weighted by Gasteiger charge is -2.36. The van der Waals surface area contributed by atoms with E-state index in [2.05, 4.69) is 48.3 Å². The molecule has 0 saturated carbocycles. The first kappa shape index (κ1) is 16.3. The number of pyridine rings is 1. The Morgan fingerprint density at radius 1 is 0.731 bits per heavy atom. The maximum Gasteiger partial charge on any atom is 0.224 e. The van der Waals surface area contributed by atoms with E-state index in [0.29, 0.717) is 5.95 Å². The fourth-order valence-electron chi connectivity index (χ4n) is 3.09. The molecule has 2 aromatic heterocycles. The van der Waals surface area contributed by atoms with Crippen LogP contribution in [0.15, 0.2) is 67.0 Å². The Labute approximate surface area is 153 Å². The molecule has 132 valence electrons. The first-order valence-electron chi connectivity index (χ1n) is 8.90. The number of piperazine rings is 1. The van der Waals surface area contributed by atoms with Crippen molar-refractivity contribution in [1.29, 1.82) is 0 Å². The molecule has 4 rings (SSSR count). The summed E-state index contributed by atoms with van der Waals surface area (Å²) in [6.07, 6.45) is 3.66. The molecule has 26 heavy (non-hydrogen) atoms. The highest BCUT2D eigenvalue weighted by Gasteiger charge is 2.19. The van der Waals surface area contributed by atoms with E-state index in [1.165, 1.54) is 5.56 Å². The summed E-state index contributed by atoms with van der Waals surface area (Å²) in [6, 6.07) is 18.3. The van der Waals surface area contributed by atoms with Crippen molar-refractivity contribution in [2.75, 3.05) is 41.3 Å². The lowest BCUT2D eigenvalue weighted by Crippen LogP contribution is -2.47. The van der Waals surface area contributed by atoms with E-state index in [1.54, 1.807) is 0 Å². The summed E-state index contributed by atoms with van der Waals surface area (Å²) in [5.74, 6) is 2.68. The van der Waals surface area contributed by atoms with Gasteiger partial charge in [-0.1, -0.05) is 36.4 Å². The molecule has 1 aliphatic heterocycles. The standard InChI is InChI=1S/C20H22N6/c1-2-6-17(7-3-1)16-23-20-22-11-9-19(24-20)26-14-12-25(13-15-26)18-8-4-5-10-21-18/h1-11H,12-16H2,(H,22,23,24). The average molecular weight is 346 g/mol. The minimum absolute atomic E-state index is 0.665. The van der Waals surface area contributed by atoms with Crippen molar-refractivity contribution in [1.82, 2.24) is 15.0 Å². The summed E-state index contributed by atoms with van der Waals surface area (Å²) in [6.45, 7) is 4.44. The summed E-state index contributed by atoms with van der Waals surface area (Å²) in [7, 11) is 0. The Hall–Kier alpha value is -3.15. The SMILES string of the molecule is c1ccc(CNc2nccc(N3CCN(c4ccccn4)CC3)n2)cc1. The second kappa shape index (κ2) is 7.82. The van der Waals surface area contributed by atoms with Crippen molar-refractivity contribution in [3.05, 3.63) is 72.6 Å². The molecule has 3 heterocycles. The zero-order valence-corrected chi connectivity index (χ0v) is 14.6. The van der Waals surface area contributed by atoms with E-state index in [-0.39, 0.29) is 0 Å². The molecule has 1 aliphatic rings. The van der Waals surface area contributed by atoms with Crippen molar-refractivity contribution >= 4 is 17.6 Å². The van der Waals surface area contributed by atoms with Crippen LogP contribution in [0.3, 0.4) is 0 Å². The second-order valence-corrected chi connectivity index (χ2v) is 6.24. The third-order valence-electron chi connectivity index (χ3n) is 4.51. The summed E-state index contributed by atoms with van der Waals surface area (Å²) >= 11 is 0. The van der Waals surface area contributed by atoms with Gasteiger partial charge in [-0.05, 0) is 23.8 Å². The highest BCUT2D eigenvalue weighted by molar-refractivity contribution is 5.46. The third-order valence-corrected chi connectivity index (χ3v) is 4.51. The van der Waals surface area contributed by atoms with E-state index in [1.807, 2.05) is 48.8 Å². The molecule has 1 saturated heterocycles. The van der Waals surface area contributed by atoms with Crippen molar-refractivity contribution in [2.45, 2.75) is 6.54 Å². The van der Waals surface area contributed by atoms with Crippen LogP contribution in [0.5, 0.6) is 0 Å². The van der Waals surface area contributed by atoms with E-state index in [0.717, 1.165) is 44.4 Å². The van der Waals surface area contributed by atoms with Crippen LogP contribution in [0.4, 0.5) is 17.6 Å². The smallest absolute Gasteiger partial charge is 0.224 e. The van der Waals surface area contributed by atoms with Crippen molar-refractivity contribution in [2.24, 2.45) is 0 Å².